The van der Waals surface area contributed by atoms with Gasteiger partial charge in [0.1, 0.15) is 11.9 Å². The molecule has 1 aliphatic heterocycles. The standard InChI is InChI=1S/C20H25N3O4/c1-13-10-19(22-14(2)21-13)27-16-6-5-9-23(12-16)20(24)15-7-8-17(25-3)18(11-15)26-4/h7-8,10-11,16H,5-6,9,12H2,1-4H3. The minimum atomic E-state index is -0.0865. The molecule has 7 nitrogen and oxygen atoms in total. The summed E-state index contributed by atoms with van der Waals surface area (Å²) in [4.78, 5) is 23.3. The van der Waals surface area contributed by atoms with E-state index >= 15 is 0 Å². The lowest BCUT2D eigenvalue weighted by Crippen LogP contribution is -2.44. The average molecular weight is 371 g/mol. The van der Waals surface area contributed by atoms with Crippen LogP contribution < -0.4 is 14.2 Å². The van der Waals surface area contributed by atoms with Gasteiger partial charge in [-0.05, 0) is 44.9 Å². The second kappa shape index (κ2) is 8.24. The van der Waals surface area contributed by atoms with E-state index in [0.717, 1.165) is 18.5 Å². The first-order valence-corrected chi connectivity index (χ1v) is 9.00. The molecule has 0 bridgehead atoms. The van der Waals surface area contributed by atoms with Crippen molar-refractivity contribution in [3.05, 3.63) is 41.3 Å². The lowest BCUT2D eigenvalue weighted by molar-refractivity contribution is 0.0526. The van der Waals surface area contributed by atoms with E-state index in [2.05, 4.69) is 9.97 Å². The Hall–Kier alpha value is -2.83. The number of nitrogens with zero attached hydrogens (tertiary/aromatic N) is 3. The topological polar surface area (TPSA) is 73.8 Å². The Kier molecular flexibility index (Phi) is 5.78. The van der Waals surface area contributed by atoms with Gasteiger partial charge in [0, 0.05) is 23.9 Å². The van der Waals surface area contributed by atoms with E-state index in [1.165, 1.54) is 0 Å². The van der Waals surface area contributed by atoms with Crippen LogP contribution in [0.5, 0.6) is 17.4 Å². The summed E-state index contributed by atoms with van der Waals surface area (Å²) in [5, 5.41) is 0. The molecule has 1 aromatic heterocycles. The highest BCUT2D eigenvalue weighted by atomic mass is 16.5. The third kappa shape index (κ3) is 4.48. The molecule has 0 saturated carbocycles. The number of aromatic nitrogens is 2. The fraction of sp³-hybridized carbons (Fsp3) is 0.450. The van der Waals surface area contributed by atoms with Crippen LogP contribution in [-0.4, -0.2) is 54.2 Å². The van der Waals surface area contributed by atoms with Gasteiger partial charge in [-0.3, -0.25) is 4.79 Å². The number of rotatable bonds is 5. The average Bonchev–Trinajstić information content (AvgIpc) is 2.66. The minimum absolute atomic E-state index is 0.0423. The predicted octanol–water partition coefficient (Wildman–Crippen LogP) is 2.79. The maximum Gasteiger partial charge on any atom is 0.254 e. The van der Waals surface area contributed by atoms with E-state index in [1.54, 1.807) is 32.4 Å². The number of carbonyl (C=O) groups is 1. The quantitative estimate of drug-likeness (QED) is 0.805. The van der Waals surface area contributed by atoms with Gasteiger partial charge >= 0.3 is 0 Å². The first-order chi connectivity index (χ1) is 13.0. The van der Waals surface area contributed by atoms with E-state index in [0.29, 0.717) is 41.9 Å². The first-order valence-electron chi connectivity index (χ1n) is 9.00. The Labute approximate surface area is 159 Å². The minimum Gasteiger partial charge on any atom is -0.493 e. The summed E-state index contributed by atoms with van der Waals surface area (Å²) in [5.41, 5.74) is 1.44. The predicted molar refractivity (Wildman–Crippen MR) is 101 cm³/mol. The number of aryl methyl sites for hydroxylation is 2. The van der Waals surface area contributed by atoms with Crippen molar-refractivity contribution in [3.63, 3.8) is 0 Å². The van der Waals surface area contributed by atoms with Crippen LogP contribution in [0.15, 0.2) is 24.3 Å². The zero-order valence-corrected chi connectivity index (χ0v) is 16.2. The maximum absolute atomic E-state index is 12.9. The number of methoxy groups -OCH3 is 2. The smallest absolute Gasteiger partial charge is 0.254 e. The molecular weight excluding hydrogens is 346 g/mol. The second-order valence-corrected chi connectivity index (χ2v) is 6.60. The number of piperidine rings is 1. The molecule has 1 unspecified atom stereocenters. The molecule has 1 saturated heterocycles. The van der Waals surface area contributed by atoms with Gasteiger partial charge < -0.3 is 19.1 Å². The van der Waals surface area contributed by atoms with Crippen molar-refractivity contribution in [2.45, 2.75) is 32.8 Å². The van der Waals surface area contributed by atoms with Crippen molar-refractivity contribution in [3.8, 4) is 17.4 Å². The third-order valence-corrected chi connectivity index (χ3v) is 4.53. The molecule has 1 aliphatic rings. The monoisotopic (exact) mass is 371 g/mol. The fourth-order valence-electron chi connectivity index (χ4n) is 3.28. The van der Waals surface area contributed by atoms with Crippen molar-refractivity contribution in [2.24, 2.45) is 0 Å². The van der Waals surface area contributed by atoms with Crippen LogP contribution in [0, 0.1) is 13.8 Å². The van der Waals surface area contributed by atoms with Gasteiger partial charge in [-0.1, -0.05) is 0 Å². The molecule has 0 N–H and O–H groups in total. The van der Waals surface area contributed by atoms with E-state index in [9.17, 15) is 4.79 Å². The highest BCUT2D eigenvalue weighted by Crippen LogP contribution is 2.28. The van der Waals surface area contributed by atoms with Gasteiger partial charge in [0.05, 0.1) is 20.8 Å². The number of likely N-dealkylation sites (tertiary alicyclic amines) is 1. The number of hydrogen-bond acceptors (Lipinski definition) is 6. The van der Waals surface area contributed by atoms with Crippen LogP contribution in [-0.2, 0) is 0 Å². The third-order valence-electron chi connectivity index (χ3n) is 4.53. The van der Waals surface area contributed by atoms with E-state index in [1.807, 2.05) is 24.8 Å². The Morgan fingerprint density at radius 3 is 2.59 bits per heavy atom. The van der Waals surface area contributed by atoms with Crippen molar-refractivity contribution in [1.82, 2.24) is 14.9 Å². The van der Waals surface area contributed by atoms with E-state index in [-0.39, 0.29) is 12.0 Å². The SMILES string of the molecule is COc1ccc(C(=O)N2CCCC(Oc3cc(C)nc(C)n3)C2)cc1OC. The summed E-state index contributed by atoms with van der Waals surface area (Å²) in [5.74, 6) is 2.34. The summed E-state index contributed by atoms with van der Waals surface area (Å²) in [6.07, 6.45) is 1.68. The summed E-state index contributed by atoms with van der Waals surface area (Å²) in [6.45, 7) is 4.98. The molecule has 2 heterocycles. The van der Waals surface area contributed by atoms with Gasteiger partial charge in [-0.2, -0.15) is 4.98 Å². The summed E-state index contributed by atoms with van der Waals surface area (Å²) in [6, 6.07) is 7.03. The van der Waals surface area contributed by atoms with Crippen LogP contribution in [0.25, 0.3) is 0 Å². The highest BCUT2D eigenvalue weighted by molar-refractivity contribution is 5.95. The summed E-state index contributed by atoms with van der Waals surface area (Å²) < 4.78 is 16.6. The number of amides is 1. The lowest BCUT2D eigenvalue weighted by atomic mass is 10.1. The molecule has 7 heteroatoms. The largest absolute Gasteiger partial charge is 0.493 e. The van der Waals surface area contributed by atoms with E-state index < -0.39 is 0 Å². The summed E-state index contributed by atoms with van der Waals surface area (Å²) in [7, 11) is 3.13. The molecular formula is C20H25N3O4. The summed E-state index contributed by atoms with van der Waals surface area (Å²) >= 11 is 0. The molecule has 1 fully saturated rings. The molecule has 0 aliphatic carbocycles. The second-order valence-electron chi connectivity index (χ2n) is 6.60. The number of carbonyl (C=O) groups excluding carboxylic acids is 1. The van der Waals surface area contributed by atoms with Crippen molar-refractivity contribution < 1.29 is 19.0 Å². The Bertz CT molecular complexity index is 805. The zero-order chi connectivity index (χ0) is 19.4. The van der Waals surface area contributed by atoms with Crippen LogP contribution in [0.1, 0.15) is 34.7 Å². The van der Waals surface area contributed by atoms with Crippen molar-refractivity contribution >= 4 is 5.91 Å². The van der Waals surface area contributed by atoms with Gasteiger partial charge in [0.2, 0.25) is 5.88 Å². The normalized spacial score (nSPS) is 16.7. The Morgan fingerprint density at radius 1 is 1.11 bits per heavy atom. The maximum atomic E-state index is 12.9. The van der Waals surface area contributed by atoms with E-state index in [4.69, 9.17) is 14.2 Å². The fourth-order valence-corrected chi connectivity index (χ4v) is 3.28. The van der Waals surface area contributed by atoms with Crippen molar-refractivity contribution in [2.75, 3.05) is 27.3 Å². The molecule has 1 amide bonds. The van der Waals surface area contributed by atoms with Crippen LogP contribution in [0.4, 0.5) is 0 Å². The zero-order valence-electron chi connectivity index (χ0n) is 16.2. The van der Waals surface area contributed by atoms with Gasteiger partial charge in [0.15, 0.2) is 11.5 Å². The van der Waals surface area contributed by atoms with Crippen LogP contribution in [0.3, 0.4) is 0 Å². The van der Waals surface area contributed by atoms with Gasteiger partial charge in [-0.15, -0.1) is 0 Å². The number of hydrogen-bond donors (Lipinski definition) is 0. The molecule has 1 atom stereocenters. The Morgan fingerprint density at radius 2 is 1.89 bits per heavy atom. The van der Waals surface area contributed by atoms with Crippen LogP contribution >= 0.6 is 0 Å². The molecule has 2 aromatic rings. The number of ether oxygens (including phenoxy) is 3. The van der Waals surface area contributed by atoms with Gasteiger partial charge in [-0.25, -0.2) is 4.98 Å². The van der Waals surface area contributed by atoms with Crippen LogP contribution in [0.2, 0.25) is 0 Å². The molecule has 1 aromatic carbocycles. The lowest BCUT2D eigenvalue weighted by Gasteiger charge is -2.32. The molecule has 27 heavy (non-hydrogen) atoms. The highest BCUT2D eigenvalue weighted by Gasteiger charge is 2.26. The molecule has 144 valence electrons. The molecule has 0 radical (unpaired) electrons. The number of benzene rings is 1. The van der Waals surface area contributed by atoms with Crippen molar-refractivity contribution in [1.29, 1.82) is 0 Å². The van der Waals surface area contributed by atoms with Gasteiger partial charge in [0.25, 0.3) is 5.91 Å². The molecule has 3 rings (SSSR count). The molecule has 0 spiro atoms. The Balaban J connectivity index is 1.71. The first kappa shape index (κ1) is 18.9.